The summed E-state index contributed by atoms with van der Waals surface area (Å²) in [6.07, 6.45) is -8.31. The van der Waals surface area contributed by atoms with Crippen LogP contribution in [0.4, 0.5) is 43.9 Å². The van der Waals surface area contributed by atoms with E-state index in [1.165, 1.54) is 24.3 Å². The third-order valence-corrected chi connectivity index (χ3v) is 6.05. The molecule has 0 saturated heterocycles. The van der Waals surface area contributed by atoms with Crippen molar-refractivity contribution < 1.29 is 58.1 Å². The normalized spacial score (nSPS) is 11.5. The maximum Gasteiger partial charge on any atom is 0.573 e. The van der Waals surface area contributed by atoms with E-state index in [0.29, 0.717) is 24.5 Å². The summed E-state index contributed by atoms with van der Waals surface area (Å²) < 4.78 is 151. The van der Waals surface area contributed by atoms with Crippen molar-refractivity contribution in [3.8, 4) is 40.2 Å². The van der Waals surface area contributed by atoms with Crippen LogP contribution in [0.1, 0.15) is 36.5 Å². The minimum Gasteiger partial charge on any atom is -0.493 e. The standard InChI is InChI=1S/C32H20F10O3/c1-2-3-12-43-21-9-10-23(26(34)15-21)20-8-7-19(25(33)14-20)6-4-18-5-11-24(27(35)13-18)31(38,39)44-22-16-28(36)30(29(37)17-22)45-32(40,41)42/h5,7-11,13-17H,2-3,12H2,1H3. The van der Waals surface area contributed by atoms with Gasteiger partial charge in [0.25, 0.3) is 0 Å². The Morgan fingerprint density at radius 3 is 1.93 bits per heavy atom. The Morgan fingerprint density at radius 1 is 0.644 bits per heavy atom. The van der Waals surface area contributed by atoms with Crippen LogP contribution in [-0.2, 0) is 6.11 Å². The first-order valence-electron chi connectivity index (χ1n) is 13.0. The molecular formula is C32H20F10O3. The number of ether oxygens (including phenoxy) is 3. The van der Waals surface area contributed by atoms with E-state index in [2.05, 4.69) is 21.3 Å². The summed E-state index contributed by atoms with van der Waals surface area (Å²) in [6, 6.07) is 9.89. The minimum atomic E-state index is -5.47. The maximum absolute atomic E-state index is 14.8. The Balaban J connectivity index is 1.49. The molecule has 4 aromatic rings. The molecular weight excluding hydrogens is 622 g/mol. The molecule has 0 unspecified atom stereocenters. The predicted molar refractivity (Wildman–Crippen MR) is 142 cm³/mol. The highest BCUT2D eigenvalue weighted by Gasteiger charge is 2.39. The molecule has 0 N–H and O–H groups in total. The third-order valence-electron chi connectivity index (χ3n) is 6.05. The summed E-state index contributed by atoms with van der Waals surface area (Å²) >= 11 is 0. The van der Waals surface area contributed by atoms with Gasteiger partial charge in [0.2, 0.25) is 5.75 Å². The molecule has 0 aliphatic heterocycles. The van der Waals surface area contributed by atoms with Gasteiger partial charge >= 0.3 is 12.5 Å². The number of benzene rings is 4. The quantitative estimate of drug-likeness (QED) is 0.103. The Morgan fingerprint density at radius 2 is 1.33 bits per heavy atom. The highest BCUT2D eigenvalue weighted by molar-refractivity contribution is 5.66. The summed E-state index contributed by atoms with van der Waals surface area (Å²) in [4.78, 5) is 0. The molecule has 0 amide bonds. The van der Waals surface area contributed by atoms with E-state index in [1.807, 2.05) is 6.92 Å². The minimum absolute atomic E-state index is 0.00209. The van der Waals surface area contributed by atoms with Gasteiger partial charge in [0.1, 0.15) is 34.5 Å². The van der Waals surface area contributed by atoms with E-state index in [0.717, 1.165) is 25.0 Å². The molecule has 0 aliphatic rings. The fourth-order valence-electron chi connectivity index (χ4n) is 3.92. The first-order valence-corrected chi connectivity index (χ1v) is 13.0. The SMILES string of the molecule is CCCCOc1ccc(-c2ccc(C#Cc3ccc(C(F)(F)Oc4cc(F)c(OC(F)(F)F)c(F)c4)c(F)c3)c(F)c2)c(F)c1. The monoisotopic (exact) mass is 642 g/mol. The number of unbranched alkanes of at least 4 members (excludes halogenated alkanes) is 1. The Bertz CT molecular complexity index is 1730. The molecule has 4 aromatic carbocycles. The van der Waals surface area contributed by atoms with Crippen LogP contribution >= 0.6 is 0 Å². The van der Waals surface area contributed by atoms with Crippen molar-refractivity contribution in [2.75, 3.05) is 6.61 Å². The summed E-state index contributed by atoms with van der Waals surface area (Å²) in [6.45, 7) is 2.40. The summed E-state index contributed by atoms with van der Waals surface area (Å²) in [5.41, 5.74) is -1.43. The van der Waals surface area contributed by atoms with E-state index in [-0.39, 0.29) is 34.4 Å². The Hall–Kier alpha value is -4.86. The lowest BCUT2D eigenvalue weighted by Gasteiger charge is -2.19. The first kappa shape index (κ1) is 33.0. The molecule has 0 aromatic heterocycles. The average Bonchev–Trinajstić information content (AvgIpc) is 2.94. The van der Waals surface area contributed by atoms with Crippen LogP contribution in [0, 0.1) is 40.9 Å². The van der Waals surface area contributed by atoms with E-state index < -0.39 is 58.6 Å². The van der Waals surface area contributed by atoms with Crippen molar-refractivity contribution in [1.82, 2.24) is 0 Å². The fraction of sp³-hybridized carbons (Fsp3) is 0.188. The van der Waals surface area contributed by atoms with Gasteiger partial charge in [0.15, 0.2) is 11.6 Å². The van der Waals surface area contributed by atoms with Crippen molar-refractivity contribution in [2.45, 2.75) is 32.2 Å². The molecule has 0 radical (unpaired) electrons. The zero-order valence-corrected chi connectivity index (χ0v) is 23.0. The second kappa shape index (κ2) is 13.4. The van der Waals surface area contributed by atoms with Gasteiger partial charge in [0.05, 0.1) is 12.2 Å². The van der Waals surface area contributed by atoms with Crippen LogP contribution < -0.4 is 14.2 Å². The van der Waals surface area contributed by atoms with Crippen LogP contribution in [0.5, 0.6) is 17.2 Å². The molecule has 4 rings (SSSR count). The second-order valence-corrected chi connectivity index (χ2v) is 9.37. The average molecular weight is 642 g/mol. The molecule has 0 spiro atoms. The highest BCUT2D eigenvalue weighted by atomic mass is 19.4. The summed E-state index contributed by atoms with van der Waals surface area (Å²) in [7, 11) is 0. The van der Waals surface area contributed by atoms with Gasteiger partial charge in [-0.15, -0.1) is 13.2 Å². The van der Waals surface area contributed by atoms with Gasteiger partial charge in [-0.25, -0.2) is 22.0 Å². The predicted octanol–water partition coefficient (Wildman–Crippen LogP) is 9.65. The van der Waals surface area contributed by atoms with Gasteiger partial charge in [-0.3, -0.25) is 0 Å². The lowest BCUT2D eigenvalue weighted by atomic mass is 10.0. The zero-order chi connectivity index (χ0) is 32.9. The first-order chi connectivity index (χ1) is 21.2. The van der Waals surface area contributed by atoms with Crippen LogP contribution in [0.25, 0.3) is 11.1 Å². The number of hydrogen-bond donors (Lipinski definition) is 0. The Kier molecular flexibility index (Phi) is 9.85. The van der Waals surface area contributed by atoms with Gasteiger partial charge in [0, 0.05) is 29.3 Å². The molecule has 13 heteroatoms. The molecule has 45 heavy (non-hydrogen) atoms. The smallest absolute Gasteiger partial charge is 0.493 e. The van der Waals surface area contributed by atoms with E-state index in [4.69, 9.17) is 4.74 Å². The van der Waals surface area contributed by atoms with Gasteiger partial charge < -0.3 is 14.2 Å². The lowest BCUT2D eigenvalue weighted by Crippen LogP contribution is -2.24. The topological polar surface area (TPSA) is 27.7 Å². The van der Waals surface area contributed by atoms with E-state index in [9.17, 15) is 43.9 Å². The van der Waals surface area contributed by atoms with Crippen LogP contribution in [0.3, 0.4) is 0 Å². The number of alkyl halides is 5. The number of rotatable bonds is 9. The molecule has 0 atom stereocenters. The fourth-order valence-corrected chi connectivity index (χ4v) is 3.92. The molecule has 236 valence electrons. The molecule has 0 fully saturated rings. The summed E-state index contributed by atoms with van der Waals surface area (Å²) in [5, 5.41) is 0. The van der Waals surface area contributed by atoms with Crippen molar-refractivity contribution in [3.63, 3.8) is 0 Å². The van der Waals surface area contributed by atoms with Crippen molar-refractivity contribution in [1.29, 1.82) is 0 Å². The largest absolute Gasteiger partial charge is 0.573 e. The van der Waals surface area contributed by atoms with E-state index in [1.54, 1.807) is 6.07 Å². The zero-order valence-electron chi connectivity index (χ0n) is 23.0. The van der Waals surface area contributed by atoms with Gasteiger partial charge in [-0.05, 0) is 54.4 Å². The molecule has 0 heterocycles. The summed E-state index contributed by atoms with van der Waals surface area (Å²) in [5.74, 6) is -5.06. The number of hydrogen-bond acceptors (Lipinski definition) is 3. The van der Waals surface area contributed by atoms with Crippen LogP contribution in [-0.4, -0.2) is 13.0 Å². The lowest BCUT2D eigenvalue weighted by molar-refractivity contribution is -0.276. The Labute approximate surface area is 250 Å². The third kappa shape index (κ3) is 8.41. The second-order valence-electron chi connectivity index (χ2n) is 9.37. The van der Waals surface area contributed by atoms with Crippen LogP contribution in [0.15, 0.2) is 66.7 Å². The van der Waals surface area contributed by atoms with Crippen LogP contribution in [0.2, 0.25) is 0 Å². The molecule has 0 bridgehead atoms. The molecule has 0 aliphatic carbocycles. The number of halogens is 10. The molecule has 3 nitrogen and oxygen atoms in total. The van der Waals surface area contributed by atoms with Gasteiger partial charge in [-0.2, -0.15) is 8.78 Å². The van der Waals surface area contributed by atoms with E-state index >= 15 is 0 Å². The van der Waals surface area contributed by atoms with Crippen molar-refractivity contribution in [3.05, 3.63) is 113 Å². The van der Waals surface area contributed by atoms with Gasteiger partial charge in [-0.1, -0.05) is 31.3 Å². The van der Waals surface area contributed by atoms with Crippen molar-refractivity contribution >= 4 is 0 Å². The molecule has 0 saturated carbocycles. The maximum atomic E-state index is 14.8. The van der Waals surface area contributed by atoms with Crippen molar-refractivity contribution in [2.24, 2.45) is 0 Å². The highest BCUT2D eigenvalue weighted by Crippen LogP contribution is 2.37.